The lowest BCUT2D eigenvalue weighted by molar-refractivity contribution is -0.140. The Morgan fingerprint density at radius 3 is 2.29 bits per heavy atom. The first-order valence-electron chi connectivity index (χ1n) is 8.65. The Hall–Kier alpha value is -1.46. The Bertz CT molecular complexity index is 873. The van der Waals surface area contributed by atoms with Crippen molar-refractivity contribution in [2.24, 2.45) is 0 Å². The lowest BCUT2D eigenvalue weighted by atomic mass is 10.1. The molecule has 150 valence electrons. The Labute approximate surface area is 184 Å². The molecule has 0 saturated carbocycles. The van der Waals surface area contributed by atoms with Crippen molar-refractivity contribution in [3.05, 3.63) is 67.6 Å². The van der Waals surface area contributed by atoms with Crippen LogP contribution >= 0.6 is 46.4 Å². The number of nitrogens with zero attached hydrogens (tertiary/aromatic N) is 1. The minimum absolute atomic E-state index is 0.0464. The third-order valence-electron chi connectivity index (χ3n) is 4.33. The number of likely N-dealkylation sites (N-methyl/N-ethyl adjacent to an activating group) is 1. The first-order valence-corrected chi connectivity index (χ1v) is 10.2. The van der Waals surface area contributed by atoms with Crippen LogP contribution in [0.5, 0.6) is 0 Å². The number of benzene rings is 2. The third-order valence-corrected chi connectivity index (χ3v) is 5.65. The second-order valence-corrected chi connectivity index (χ2v) is 7.88. The summed E-state index contributed by atoms with van der Waals surface area (Å²) in [6, 6.07) is 9.48. The molecule has 0 heterocycles. The zero-order chi connectivity index (χ0) is 20.8. The zero-order valence-corrected chi connectivity index (χ0v) is 18.5. The van der Waals surface area contributed by atoms with Crippen molar-refractivity contribution >= 4 is 58.2 Å². The van der Waals surface area contributed by atoms with E-state index in [4.69, 9.17) is 46.4 Å². The normalized spacial score (nSPS) is 11.8. The maximum atomic E-state index is 13.1. The molecule has 0 bridgehead atoms. The van der Waals surface area contributed by atoms with Gasteiger partial charge in [0.25, 0.3) is 0 Å². The standard InChI is InChI=1S/C20H20Cl4N2O2/c1-3-18(20(28)25-2)26(11-12-4-7-15(22)17(24)8-12)19(27)9-13-5-6-14(21)10-16(13)23/h4-8,10,18H,3,9,11H2,1-2H3,(H,25,28)/t18-/m0/s1. The van der Waals surface area contributed by atoms with E-state index in [1.807, 2.05) is 6.92 Å². The fourth-order valence-corrected chi connectivity index (χ4v) is 3.65. The van der Waals surface area contributed by atoms with Gasteiger partial charge in [0.05, 0.1) is 16.5 Å². The Kier molecular flexibility index (Phi) is 8.44. The maximum Gasteiger partial charge on any atom is 0.242 e. The second kappa shape index (κ2) is 10.4. The van der Waals surface area contributed by atoms with Gasteiger partial charge in [-0.25, -0.2) is 0 Å². The van der Waals surface area contributed by atoms with Crippen LogP contribution in [0.3, 0.4) is 0 Å². The van der Waals surface area contributed by atoms with E-state index in [-0.39, 0.29) is 24.8 Å². The monoisotopic (exact) mass is 460 g/mol. The molecule has 0 aromatic heterocycles. The largest absolute Gasteiger partial charge is 0.357 e. The number of hydrogen-bond acceptors (Lipinski definition) is 2. The predicted octanol–water partition coefficient (Wildman–Crippen LogP) is 5.40. The summed E-state index contributed by atoms with van der Waals surface area (Å²) in [5, 5.41) is 4.33. The molecule has 4 nitrogen and oxygen atoms in total. The first-order chi connectivity index (χ1) is 13.3. The van der Waals surface area contributed by atoms with Gasteiger partial charge in [-0.1, -0.05) is 65.5 Å². The highest BCUT2D eigenvalue weighted by molar-refractivity contribution is 6.42. The number of amides is 2. The van der Waals surface area contributed by atoms with Gasteiger partial charge in [-0.15, -0.1) is 0 Å². The summed E-state index contributed by atoms with van der Waals surface area (Å²) in [6.45, 7) is 2.07. The highest BCUT2D eigenvalue weighted by Gasteiger charge is 2.28. The van der Waals surface area contributed by atoms with Crippen molar-refractivity contribution in [1.29, 1.82) is 0 Å². The van der Waals surface area contributed by atoms with E-state index in [2.05, 4.69) is 5.32 Å². The Balaban J connectivity index is 2.34. The van der Waals surface area contributed by atoms with Gasteiger partial charge in [-0.3, -0.25) is 9.59 Å². The summed E-state index contributed by atoms with van der Waals surface area (Å²) in [6.07, 6.45) is 0.506. The van der Waals surface area contributed by atoms with Crippen LogP contribution in [0.1, 0.15) is 24.5 Å². The maximum absolute atomic E-state index is 13.1. The van der Waals surface area contributed by atoms with E-state index < -0.39 is 6.04 Å². The lowest BCUT2D eigenvalue weighted by Gasteiger charge is -2.30. The quantitative estimate of drug-likeness (QED) is 0.600. The molecule has 2 aromatic carbocycles. The molecule has 0 saturated heterocycles. The van der Waals surface area contributed by atoms with Crippen LogP contribution in [-0.2, 0) is 22.6 Å². The number of halogens is 4. The van der Waals surface area contributed by atoms with Gasteiger partial charge in [0.1, 0.15) is 6.04 Å². The van der Waals surface area contributed by atoms with E-state index in [9.17, 15) is 9.59 Å². The lowest BCUT2D eigenvalue weighted by Crippen LogP contribution is -2.48. The summed E-state index contributed by atoms with van der Waals surface area (Å²) < 4.78 is 0. The number of rotatable bonds is 7. The predicted molar refractivity (Wildman–Crippen MR) is 115 cm³/mol. The highest BCUT2D eigenvalue weighted by Crippen LogP contribution is 2.25. The zero-order valence-electron chi connectivity index (χ0n) is 15.4. The fraction of sp³-hybridized carbons (Fsp3) is 0.300. The van der Waals surface area contributed by atoms with E-state index in [0.717, 1.165) is 5.56 Å². The van der Waals surface area contributed by atoms with Gasteiger partial charge >= 0.3 is 0 Å². The topological polar surface area (TPSA) is 49.4 Å². The van der Waals surface area contributed by atoms with Gasteiger partial charge in [0.15, 0.2) is 0 Å². The van der Waals surface area contributed by atoms with Gasteiger partial charge < -0.3 is 10.2 Å². The molecule has 28 heavy (non-hydrogen) atoms. The first kappa shape index (κ1) is 22.8. The van der Waals surface area contributed by atoms with Crippen LogP contribution in [0.25, 0.3) is 0 Å². The number of hydrogen-bond donors (Lipinski definition) is 1. The summed E-state index contributed by atoms with van der Waals surface area (Å²) in [4.78, 5) is 27.0. The summed E-state index contributed by atoms with van der Waals surface area (Å²) >= 11 is 24.2. The highest BCUT2D eigenvalue weighted by atomic mass is 35.5. The molecule has 0 radical (unpaired) electrons. The molecule has 2 aromatic rings. The van der Waals surface area contributed by atoms with E-state index in [0.29, 0.717) is 32.1 Å². The van der Waals surface area contributed by atoms with Crippen molar-refractivity contribution in [3.8, 4) is 0 Å². The molecule has 8 heteroatoms. The molecule has 0 aliphatic carbocycles. The molecule has 0 unspecified atom stereocenters. The number of carbonyl (C=O) groups is 2. The fourth-order valence-electron chi connectivity index (χ4n) is 2.85. The smallest absolute Gasteiger partial charge is 0.242 e. The summed E-state index contributed by atoms with van der Waals surface area (Å²) in [7, 11) is 1.54. The van der Waals surface area contributed by atoms with E-state index in [1.54, 1.807) is 43.4 Å². The molecule has 0 aliphatic rings. The molecule has 0 fully saturated rings. The Morgan fingerprint density at radius 2 is 1.71 bits per heavy atom. The van der Waals surface area contributed by atoms with Crippen molar-refractivity contribution in [2.45, 2.75) is 32.4 Å². The SMILES string of the molecule is CC[C@@H](C(=O)NC)N(Cc1ccc(Cl)c(Cl)c1)C(=O)Cc1ccc(Cl)cc1Cl. The van der Waals surface area contributed by atoms with Crippen LogP contribution in [0, 0.1) is 0 Å². The van der Waals surface area contributed by atoms with Gasteiger partial charge in [-0.05, 0) is 41.8 Å². The summed E-state index contributed by atoms with van der Waals surface area (Å²) in [5.41, 5.74) is 1.41. The van der Waals surface area contributed by atoms with E-state index in [1.165, 1.54) is 4.90 Å². The minimum Gasteiger partial charge on any atom is -0.357 e. The van der Waals surface area contributed by atoms with E-state index >= 15 is 0 Å². The van der Waals surface area contributed by atoms with Crippen LogP contribution in [0.4, 0.5) is 0 Å². The molecule has 2 amide bonds. The number of nitrogens with one attached hydrogen (secondary N) is 1. The molecule has 2 rings (SSSR count). The van der Waals surface area contributed by atoms with Gasteiger partial charge in [-0.2, -0.15) is 0 Å². The van der Waals surface area contributed by atoms with Crippen molar-refractivity contribution in [3.63, 3.8) is 0 Å². The molecule has 1 N–H and O–H groups in total. The van der Waals surface area contributed by atoms with Gasteiger partial charge in [0, 0.05) is 23.6 Å². The van der Waals surface area contributed by atoms with Crippen LogP contribution in [0.2, 0.25) is 20.1 Å². The number of carbonyl (C=O) groups excluding carboxylic acids is 2. The minimum atomic E-state index is -0.627. The van der Waals surface area contributed by atoms with Crippen LogP contribution < -0.4 is 5.32 Å². The Morgan fingerprint density at radius 1 is 1.00 bits per heavy atom. The molecular formula is C20H20Cl4N2O2. The van der Waals surface area contributed by atoms with Crippen molar-refractivity contribution in [2.75, 3.05) is 7.05 Å². The average Bonchev–Trinajstić information content (AvgIpc) is 2.66. The van der Waals surface area contributed by atoms with Crippen molar-refractivity contribution in [1.82, 2.24) is 10.2 Å². The molecule has 0 spiro atoms. The van der Waals surface area contributed by atoms with Crippen molar-refractivity contribution < 1.29 is 9.59 Å². The molecular weight excluding hydrogens is 442 g/mol. The van der Waals surface area contributed by atoms with Crippen LogP contribution in [0.15, 0.2) is 36.4 Å². The molecule has 0 aliphatic heterocycles. The average molecular weight is 462 g/mol. The van der Waals surface area contributed by atoms with Crippen LogP contribution in [-0.4, -0.2) is 29.8 Å². The summed E-state index contributed by atoms with van der Waals surface area (Å²) in [5.74, 6) is -0.469. The molecule has 1 atom stereocenters. The second-order valence-electron chi connectivity index (χ2n) is 6.22. The van der Waals surface area contributed by atoms with Gasteiger partial charge in [0.2, 0.25) is 11.8 Å². The third kappa shape index (κ3) is 5.77.